The summed E-state index contributed by atoms with van der Waals surface area (Å²) in [5.74, 6) is -1.38. The lowest BCUT2D eigenvalue weighted by atomic mass is 9.94. The zero-order chi connectivity index (χ0) is 19.5. The number of imide groups is 3. The summed E-state index contributed by atoms with van der Waals surface area (Å²) < 4.78 is 10.1. The number of carbonyl (C=O) groups is 5. The Balaban J connectivity index is 2.51. The molecule has 1 rings (SSSR count). The van der Waals surface area contributed by atoms with Gasteiger partial charge in [0.2, 0.25) is 17.7 Å². The maximum absolute atomic E-state index is 12.2. The SMILES string of the molecule is C#CCCOCCOC(=O)CC(CC(=O)N1C(=O)CCC1=O)C(=O)CC. The van der Waals surface area contributed by atoms with Gasteiger partial charge in [-0.15, -0.1) is 12.3 Å². The predicted molar refractivity (Wildman–Crippen MR) is 89.3 cm³/mol. The van der Waals surface area contributed by atoms with Crippen LogP contribution < -0.4 is 0 Å². The van der Waals surface area contributed by atoms with Crippen LogP contribution in [0.5, 0.6) is 0 Å². The van der Waals surface area contributed by atoms with Crippen LogP contribution in [0.2, 0.25) is 0 Å². The normalized spacial score (nSPS) is 14.8. The molecule has 8 nitrogen and oxygen atoms in total. The first-order valence-corrected chi connectivity index (χ1v) is 8.48. The van der Waals surface area contributed by atoms with Crippen molar-refractivity contribution >= 4 is 29.5 Å². The molecular formula is C18H23NO7. The highest BCUT2D eigenvalue weighted by molar-refractivity contribution is 6.15. The summed E-state index contributed by atoms with van der Waals surface area (Å²) in [6.45, 7) is 2.15. The molecular weight excluding hydrogens is 342 g/mol. The molecule has 0 aromatic rings. The van der Waals surface area contributed by atoms with Crippen LogP contribution in [0, 0.1) is 18.3 Å². The van der Waals surface area contributed by atoms with E-state index in [1.807, 2.05) is 0 Å². The van der Waals surface area contributed by atoms with Gasteiger partial charge in [-0.05, 0) is 0 Å². The van der Waals surface area contributed by atoms with Gasteiger partial charge in [0.1, 0.15) is 12.4 Å². The van der Waals surface area contributed by atoms with E-state index in [0.717, 1.165) is 0 Å². The fourth-order valence-electron chi connectivity index (χ4n) is 2.45. The fraction of sp³-hybridized carbons (Fsp3) is 0.611. The predicted octanol–water partition coefficient (Wildman–Crippen LogP) is 0.621. The summed E-state index contributed by atoms with van der Waals surface area (Å²) in [6.07, 6.45) is 4.95. The van der Waals surface area contributed by atoms with E-state index in [1.54, 1.807) is 6.92 Å². The van der Waals surface area contributed by atoms with Crippen molar-refractivity contribution in [2.45, 2.75) is 45.4 Å². The average molecular weight is 365 g/mol. The molecule has 0 spiro atoms. The van der Waals surface area contributed by atoms with E-state index in [2.05, 4.69) is 5.92 Å². The second-order valence-electron chi connectivity index (χ2n) is 5.73. The maximum Gasteiger partial charge on any atom is 0.306 e. The van der Waals surface area contributed by atoms with Gasteiger partial charge in [-0.25, -0.2) is 4.90 Å². The van der Waals surface area contributed by atoms with E-state index in [-0.39, 0.29) is 51.1 Å². The van der Waals surface area contributed by atoms with Crippen LogP contribution in [0.1, 0.15) is 45.4 Å². The van der Waals surface area contributed by atoms with E-state index >= 15 is 0 Å². The smallest absolute Gasteiger partial charge is 0.306 e. The summed E-state index contributed by atoms with van der Waals surface area (Å²) in [6, 6.07) is 0. The van der Waals surface area contributed by atoms with Crippen LogP contribution in [0.4, 0.5) is 0 Å². The molecule has 0 saturated carbocycles. The Labute approximate surface area is 152 Å². The number of Topliss-reactive ketones (excluding diaryl/α,β-unsaturated/α-hetero) is 1. The van der Waals surface area contributed by atoms with Gasteiger partial charge in [0.05, 0.1) is 19.6 Å². The van der Waals surface area contributed by atoms with Gasteiger partial charge < -0.3 is 9.47 Å². The Morgan fingerprint density at radius 2 is 1.77 bits per heavy atom. The molecule has 0 bridgehead atoms. The molecule has 26 heavy (non-hydrogen) atoms. The van der Waals surface area contributed by atoms with Crippen LogP contribution in [0.15, 0.2) is 0 Å². The highest BCUT2D eigenvalue weighted by Gasteiger charge is 2.36. The largest absolute Gasteiger partial charge is 0.463 e. The molecule has 1 aliphatic rings. The summed E-state index contributed by atoms with van der Waals surface area (Å²) in [5.41, 5.74) is 0. The standard InChI is InChI=1S/C18H23NO7/c1-3-5-8-25-9-10-26-18(24)12-13(14(20)4-2)11-17(23)19-15(21)6-7-16(19)22/h1,13H,4-12H2,2H3. The van der Waals surface area contributed by atoms with E-state index in [0.29, 0.717) is 17.9 Å². The van der Waals surface area contributed by atoms with Crippen molar-refractivity contribution in [3.8, 4) is 12.3 Å². The maximum atomic E-state index is 12.2. The van der Waals surface area contributed by atoms with E-state index in [1.165, 1.54) is 0 Å². The topological polar surface area (TPSA) is 107 Å². The zero-order valence-electron chi connectivity index (χ0n) is 14.8. The highest BCUT2D eigenvalue weighted by Crippen LogP contribution is 2.19. The Kier molecular flexibility index (Phi) is 9.23. The first kappa shape index (κ1) is 21.5. The van der Waals surface area contributed by atoms with Crippen LogP contribution in [-0.4, -0.2) is 54.2 Å². The van der Waals surface area contributed by atoms with E-state index < -0.39 is 29.6 Å². The first-order chi connectivity index (χ1) is 12.4. The third-order valence-corrected chi connectivity index (χ3v) is 3.82. The number of amides is 3. The van der Waals surface area contributed by atoms with Gasteiger partial charge in [-0.3, -0.25) is 24.0 Å². The van der Waals surface area contributed by atoms with Gasteiger partial charge in [0.25, 0.3) is 0 Å². The number of ether oxygens (including phenoxy) is 2. The number of carbonyl (C=O) groups excluding carboxylic acids is 5. The Morgan fingerprint density at radius 3 is 2.35 bits per heavy atom. The molecule has 1 aliphatic heterocycles. The molecule has 0 radical (unpaired) electrons. The molecule has 1 atom stereocenters. The quantitative estimate of drug-likeness (QED) is 0.229. The molecule has 1 fully saturated rings. The fourth-order valence-corrected chi connectivity index (χ4v) is 2.45. The molecule has 1 saturated heterocycles. The summed E-state index contributed by atoms with van der Waals surface area (Å²) in [4.78, 5) is 59.8. The average Bonchev–Trinajstić information content (AvgIpc) is 2.95. The first-order valence-electron chi connectivity index (χ1n) is 8.48. The van der Waals surface area contributed by atoms with E-state index in [4.69, 9.17) is 15.9 Å². The van der Waals surface area contributed by atoms with Crippen LogP contribution in [-0.2, 0) is 33.4 Å². The molecule has 3 amide bonds. The molecule has 0 aromatic heterocycles. The third-order valence-electron chi connectivity index (χ3n) is 3.82. The van der Waals surface area contributed by atoms with Crippen molar-refractivity contribution < 1.29 is 33.4 Å². The minimum absolute atomic E-state index is 0.00742. The van der Waals surface area contributed by atoms with Crippen LogP contribution in [0.25, 0.3) is 0 Å². The van der Waals surface area contributed by atoms with Gasteiger partial charge in [0, 0.05) is 38.0 Å². The minimum Gasteiger partial charge on any atom is -0.463 e. The summed E-state index contributed by atoms with van der Waals surface area (Å²) >= 11 is 0. The molecule has 142 valence electrons. The van der Waals surface area contributed by atoms with E-state index in [9.17, 15) is 24.0 Å². The van der Waals surface area contributed by atoms with Crippen molar-refractivity contribution in [2.75, 3.05) is 19.8 Å². The number of ketones is 1. The van der Waals surface area contributed by atoms with Crippen molar-refractivity contribution in [1.29, 1.82) is 0 Å². The van der Waals surface area contributed by atoms with Crippen molar-refractivity contribution in [3.05, 3.63) is 0 Å². The molecule has 1 unspecified atom stereocenters. The Hall–Kier alpha value is -2.53. The zero-order valence-corrected chi connectivity index (χ0v) is 14.8. The number of rotatable bonds is 11. The Bertz CT molecular complexity index is 589. The van der Waals surface area contributed by atoms with Crippen LogP contribution in [0.3, 0.4) is 0 Å². The number of esters is 1. The van der Waals surface area contributed by atoms with Crippen LogP contribution >= 0.6 is 0 Å². The third kappa shape index (κ3) is 6.76. The molecule has 0 aliphatic carbocycles. The summed E-state index contributed by atoms with van der Waals surface area (Å²) in [7, 11) is 0. The molecule has 1 heterocycles. The minimum atomic E-state index is -0.927. The van der Waals surface area contributed by atoms with Gasteiger partial charge in [-0.2, -0.15) is 0 Å². The molecule has 0 N–H and O–H groups in total. The number of terminal acetylenes is 1. The number of likely N-dealkylation sites (tertiary alicyclic amines) is 1. The van der Waals surface area contributed by atoms with Crippen molar-refractivity contribution in [1.82, 2.24) is 4.90 Å². The molecule has 0 aromatic carbocycles. The number of hydrogen-bond donors (Lipinski definition) is 0. The second-order valence-corrected chi connectivity index (χ2v) is 5.73. The van der Waals surface area contributed by atoms with Gasteiger partial charge in [-0.1, -0.05) is 6.92 Å². The van der Waals surface area contributed by atoms with Crippen molar-refractivity contribution in [3.63, 3.8) is 0 Å². The second kappa shape index (κ2) is 11.2. The lowest BCUT2D eigenvalue weighted by Gasteiger charge is -2.17. The lowest BCUT2D eigenvalue weighted by molar-refractivity contribution is -0.151. The lowest BCUT2D eigenvalue weighted by Crippen LogP contribution is -2.38. The summed E-state index contributed by atoms with van der Waals surface area (Å²) in [5, 5.41) is 0. The number of hydrogen-bond acceptors (Lipinski definition) is 7. The van der Waals surface area contributed by atoms with Gasteiger partial charge in [0.15, 0.2) is 0 Å². The highest BCUT2D eigenvalue weighted by atomic mass is 16.6. The van der Waals surface area contributed by atoms with Crippen molar-refractivity contribution in [2.24, 2.45) is 5.92 Å². The van der Waals surface area contributed by atoms with Gasteiger partial charge >= 0.3 is 5.97 Å². The Morgan fingerprint density at radius 1 is 1.12 bits per heavy atom. The number of nitrogens with zero attached hydrogens (tertiary/aromatic N) is 1. The monoisotopic (exact) mass is 365 g/mol. The molecule has 8 heteroatoms.